The Bertz CT molecular complexity index is 2970. The summed E-state index contributed by atoms with van der Waals surface area (Å²) in [6.45, 7) is 4.65. The van der Waals surface area contributed by atoms with E-state index in [4.69, 9.17) is 4.42 Å². The monoisotopic (exact) mass is 610 g/mol. The van der Waals surface area contributed by atoms with E-state index in [9.17, 15) is 0 Å². The summed E-state index contributed by atoms with van der Waals surface area (Å²) in [6.07, 6.45) is 0. The lowest BCUT2D eigenvalue weighted by Gasteiger charge is -2.21. The molecule has 1 aromatic heterocycles. The van der Waals surface area contributed by atoms with Crippen molar-refractivity contribution in [3.05, 3.63) is 157 Å². The van der Waals surface area contributed by atoms with Gasteiger partial charge in [0.05, 0.1) is 0 Å². The second kappa shape index (κ2) is 9.12. The van der Waals surface area contributed by atoms with Crippen molar-refractivity contribution in [2.75, 3.05) is 0 Å². The summed E-state index contributed by atoms with van der Waals surface area (Å²) in [7, 11) is 0. The van der Waals surface area contributed by atoms with Gasteiger partial charge in [-0.2, -0.15) is 0 Å². The second-order valence-corrected chi connectivity index (χ2v) is 14.0. The van der Waals surface area contributed by atoms with Gasteiger partial charge in [-0.25, -0.2) is 0 Å². The Morgan fingerprint density at radius 3 is 1.92 bits per heavy atom. The molecule has 0 bridgehead atoms. The SMILES string of the molecule is CC1(C)c2ccccc2-c2c1ccc1c2oc2ccc(-c3ccc4ccc5c(-c6cccc7ccccc67)ccc6ccc3c4c65)cc21. The molecule has 9 aromatic carbocycles. The van der Waals surface area contributed by atoms with Crippen molar-refractivity contribution < 1.29 is 4.42 Å². The third-order valence-electron chi connectivity index (χ3n) is 11.2. The lowest BCUT2D eigenvalue weighted by molar-refractivity contribution is 0.653. The quantitative estimate of drug-likeness (QED) is 0.178. The molecule has 11 rings (SSSR count). The van der Waals surface area contributed by atoms with Crippen molar-refractivity contribution in [1.29, 1.82) is 0 Å². The first-order chi connectivity index (χ1) is 23.6. The number of benzene rings is 9. The molecular formula is C47H30O. The Labute approximate surface area is 278 Å². The largest absolute Gasteiger partial charge is 0.455 e. The van der Waals surface area contributed by atoms with Crippen LogP contribution in [0.25, 0.3) is 98.4 Å². The molecule has 0 aliphatic heterocycles. The molecule has 0 spiro atoms. The van der Waals surface area contributed by atoms with Crippen LogP contribution in [-0.4, -0.2) is 0 Å². The van der Waals surface area contributed by atoms with Crippen LogP contribution in [0, 0.1) is 0 Å². The average Bonchev–Trinajstić information content (AvgIpc) is 3.62. The van der Waals surface area contributed by atoms with E-state index >= 15 is 0 Å². The summed E-state index contributed by atoms with van der Waals surface area (Å²) < 4.78 is 6.70. The molecule has 0 unspecified atom stereocenters. The summed E-state index contributed by atoms with van der Waals surface area (Å²) in [5.74, 6) is 0. The predicted octanol–water partition coefficient (Wildman–Crippen LogP) is 13.3. The highest BCUT2D eigenvalue weighted by molar-refractivity contribution is 6.28. The average molecular weight is 611 g/mol. The van der Waals surface area contributed by atoms with E-state index in [0.29, 0.717) is 0 Å². The van der Waals surface area contributed by atoms with Crippen LogP contribution in [0.4, 0.5) is 0 Å². The molecular weight excluding hydrogens is 581 g/mol. The molecule has 0 saturated carbocycles. The van der Waals surface area contributed by atoms with Crippen molar-refractivity contribution >= 4 is 65.0 Å². The minimum absolute atomic E-state index is 0.0561. The van der Waals surface area contributed by atoms with E-state index in [1.54, 1.807) is 0 Å². The number of rotatable bonds is 2. The molecule has 48 heavy (non-hydrogen) atoms. The number of fused-ring (bicyclic) bond motifs is 8. The van der Waals surface area contributed by atoms with E-state index in [1.165, 1.54) is 93.0 Å². The Morgan fingerprint density at radius 1 is 0.417 bits per heavy atom. The second-order valence-electron chi connectivity index (χ2n) is 14.0. The van der Waals surface area contributed by atoms with E-state index in [0.717, 1.165) is 16.6 Å². The lowest BCUT2D eigenvalue weighted by Crippen LogP contribution is -2.14. The highest BCUT2D eigenvalue weighted by Crippen LogP contribution is 2.53. The molecule has 1 aliphatic carbocycles. The first kappa shape index (κ1) is 26.2. The molecule has 0 atom stereocenters. The third kappa shape index (κ3) is 3.31. The number of hydrogen-bond acceptors (Lipinski definition) is 1. The molecule has 0 fully saturated rings. The van der Waals surface area contributed by atoms with Crippen LogP contribution >= 0.6 is 0 Å². The van der Waals surface area contributed by atoms with Gasteiger partial charge in [0, 0.05) is 21.8 Å². The van der Waals surface area contributed by atoms with Crippen molar-refractivity contribution in [1.82, 2.24) is 0 Å². The Balaban J connectivity index is 1.14. The molecule has 0 N–H and O–H groups in total. The van der Waals surface area contributed by atoms with Crippen LogP contribution in [0.5, 0.6) is 0 Å². The van der Waals surface area contributed by atoms with E-state index in [2.05, 4.69) is 159 Å². The van der Waals surface area contributed by atoms with Crippen LogP contribution in [-0.2, 0) is 5.41 Å². The van der Waals surface area contributed by atoms with Crippen molar-refractivity contribution in [2.24, 2.45) is 0 Å². The first-order valence-electron chi connectivity index (χ1n) is 16.8. The normalized spacial score (nSPS) is 13.8. The predicted molar refractivity (Wildman–Crippen MR) is 203 cm³/mol. The first-order valence-corrected chi connectivity index (χ1v) is 16.8. The lowest BCUT2D eigenvalue weighted by atomic mass is 9.82. The molecule has 224 valence electrons. The minimum atomic E-state index is -0.0561. The fourth-order valence-electron chi connectivity index (χ4n) is 8.94. The van der Waals surface area contributed by atoms with Gasteiger partial charge in [0.1, 0.15) is 11.2 Å². The highest BCUT2D eigenvalue weighted by atomic mass is 16.3. The van der Waals surface area contributed by atoms with E-state index in [-0.39, 0.29) is 5.41 Å². The Morgan fingerprint density at radius 2 is 1.06 bits per heavy atom. The number of hydrogen-bond donors (Lipinski definition) is 0. The zero-order valence-corrected chi connectivity index (χ0v) is 26.8. The van der Waals surface area contributed by atoms with Gasteiger partial charge in [-0.3, -0.25) is 0 Å². The van der Waals surface area contributed by atoms with Crippen molar-refractivity contribution in [3.63, 3.8) is 0 Å². The standard InChI is InChI=1S/C47H30O/c1-47(2)40-13-6-5-11-38(40)45-41(47)24-23-37-39-26-30(18-25-42(39)48-46(37)45)32-19-14-28-17-22-36-34(20-15-29-16-21-35(32)43(28)44(29)36)33-12-7-9-27-8-3-4-10-31(27)33/h3-26H,1-2H3. The fraction of sp³-hybridized carbons (Fsp3) is 0.0638. The molecule has 1 aliphatic rings. The Kier molecular flexibility index (Phi) is 4.97. The smallest absolute Gasteiger partial charge is 0.143 e. The number of furan rings is 1. The van der Waals surface area contributed by atoms with Gasteiger partial charge in [0.2, 0.25) is 0 Å². The Hall–Kier alpha value is -5.92. The van der Waals surface area contributed by atoms with Gasteiger partial charge in [0.15, 0.2) is 0 Å². The summed E-state index contributed by atoms with van der Waals surface area (Å²) in [5.41, 5.74) is 12.1. The van der Waals surface area contributed by atoms with E-state index < -0.39 is 0 Å². The van der Waals surface area contributed by atoms with Crippen molar-refractivity contribution in [2.45, 2.75) is 19.3 Å². The van der Waals surface area contributed by atoms with Gasteiger partial charge >= 0.3 is 0 Å². The molecule has 1 heterocycles. The van der Waals surface area contributed by atoms with Crippen LogP contribution in [0.15, 0.2) is 150 Å². The zero-order valence-electron chi connectivity index (χ0n) is 26.8. The van der Waals surface area contributed by atoms with Crippen LogP contribution in [0.3, 0.4) is 0 Å². The summed E-state index contributed by atoms with van der Waals surface area (Å²) in [6, 6.07) is 53.9. The third-order valence-corrected chi connectivity index (χ3v) is 11.2. The molecule has 0 radical (unpaired) electrons. The van der Waals surface area contributed by atoms with Gasteiger partial charge < -0.3 is 4.42 Å². The van der Waals surface area contributed by atoms with E-state index in [1.807, 2.05) is 0 Å². The zero-order chi connectivity index (χ0) is 31.7. The molecule has 1 heteroatoms. The highest BCUT2D eigenvalue weighted by Gasteiger charge is 2.37. The maximum atomic E-state index is 6.70. The van der Waals surface area contributed by atoms with Crippen LogP contribution < -0.4 is 0 Å². The van der Waals surface area contributed by atoms with Crippen LogP contribution in [0.2, 0.25) is 0 Å². The summed E-state index contributed by atoms with van der Waals surface area (Å²) in [4.78, 5) is 0. The minimum Gasteiger partial charge on any atom is -0.455 e. The molecule has 1 nitrogen and oxygen atoms in total. The fourth-order valence-corrected chi connectivity index (χ4v) is 8.94. The van der Waals surface area contributed by atoms with Gasteiger partial charge in [-0.1, -0.05) is 147 Å². The summed E-state index contributed by atoms with van der Waals surface area (Å²) >= 11 is 0. The van der Waals surface area contributed by atoms with Crippen LogP contribution in [0.1, 0.15) is 25.0 Å². The van der Waals surface area contributed by atoms with Gasteiger partial charge in [-0.05, 0) is 94.2 Å². The maximum absolute atomic E-state index is 6.70. The molecule has 0 saturated heterocycles. The van der Waals surface area contributed by atoms with Crippen molar-refractivity contribution in [3.8, 4) is 33.4 Å². The topological polar surface area (TPSA) is 13.1 Å². The molecule has 0 amide bonds. The molecule has 10 aromatic rings. The van der Waals surface area contributed by atoms with Gasteiger partial charge in [0.25, 0.3) is 0 Å². The van der Waals surface area contributed by atoms with Gasteiger partial charge in [-0.15, -0.1) is 0 Å². The maximum Gasteiger partial charge on any atom is 0.143 e. The summed E-state index contributed by atoms with van der Waals surface area (Å²) in [5, 5.41) is 12.7.